The molecule has 0 aliphatic carbocycles. The van der Waals surface area contributed by atoms with Crippen LogP contribution in [-0.2, 0) is 19.4 Å². The first kappa shape index (κ1) is 14.8. The molecule has 1 aromatic rings. The molecule has 0 aromatic carbocycles. The Kier molecular flexibility index (Phi) is 4.34. The Hall–Kier alpha value is -2.28. The number of hydrogen-bond acceptors (Lipinski definition) is 5. The van der Waals surface area contributed by atoms with Gasteiger partial charge < -0.3 is 0 Å². The standard InChI is InChI=1S/C12H12N2O4S/c1-4-10(15)14(11(16)5-2)9-7-6-8-13-12(9)19(3,17)18/h4-8H,1-2H2,3H3. The molecule has 19 heavy (non-hydrogen) atoms. The highest BCUT2D eigenvalue weighted by Crippen LogP contribution is 2.23. The second kappa shape index (κ2) is 5.57. The van der Waals surface area contributed by atoms with Crippen molar-refractivity contribution in [3.63, 3.8) is 0 Å². The first-order valence-electron chi connectivity index (χ1n) is 5.11. The maximum atomic E-state index is 11.7. The Balaban J connectivity index is 3.56. The molecule has 1 rings (SSSR count). The topological polar surface area (TPSA) is 84.4 Å². The van der Waals surface area contributed by atoms with Crippen molar-refractivity contribution in [2.24, 2.45) is 0 Å². The lowest BCUT2D eigenvalue weighted by Crippen LogP contribution is -2.35. The van der Waals surface area contributed by atoms with Crippen molar-refractivity contribution in [1.82, 2.24) is 4.98 Å². The van der Waals surface area contributed by atoms with Gasteiger partial charge in [0.05, 0.1) is 5.69 Å². The van der Waals surface area contributed by atoms with Crippen LogP contribution in [0.2, 0.25) is 0 Å². The summed E-state index contributed by atoms with van der Waals surface area (Å²) in [5.74, 6) is -1.52. The second-order valence-electron chi connectivity index (χ2n) is 3.52. The van der Waals surface area contributed by atoms with E-state index in [0.29, 0.717) is 4.90 Å². The van der Waals surface area contributed by atoms with Gasteiger partial charge in [0, 0.05) is 12.5 Å². The first-order valence-corrected chi connectivity index (χ1v) is 7.00. The summed E-state index contributed by atoms with van der Waals surface area (Å²) in [4.78, 5) is 27.8. The molecule has 6 nitrogen and oxygen atoms in total. The molecule has 0 saturated heterocycles. The number of aromatic nitrogens is 1. The number of rotatable bonds is 4. The number of hydrogen-bond donors (Lipinski definition) is 0. The molecule has 0 fully saturated rings. The molecule has 100 valence electrons. The average molecular weight is 280 g/mol. The molecule has 0 N–H and O–H groups in total. The Morgan fingerprint density at radius 2 is 1.79 bits per heavy atom. The lowest BCUT2D eigenvalue weighted by Gasteiger charge is -2.19. The third-order valence-corrected chi connectivity index (χ3v) is 3.15. The summed E-state index contributed by atoms with van der Waals surface area (Å²) < 4.78 is 23.2. The van der Waals surface area contributed by atoms with E-state index in [4.69, 9.17) is 0 Å². The molecule has 0 saturated carbocycles. The van der Waals surface area contributed by atoms with Crippen molar-refractivity contribution in [3.05, 3.63) is 43.6 Å². The fourth-order valence-corrected chi connectivity index (χ4v) is 2.16. The largest absolute Gasteiger partial charge is 0.269 e. The Labute approximate surface area is 111 Å². The van der Waals surface area contributed by atoms with Gasteiger partial charge in [0.15, 0.2) is 14.9 Å². The van der Waals surface area contributed by atoms with E-state index < -0.39 is 21.7 Å². The number of carbonyl (C=O) groups is 2. The van der Waals surface area contributed by atoms with Crippen molar-refractivity contribution < 1.29 is 18.0 Å². The van der Waals surface area contributed by atoms with Gasteiger partial charge in [-0.2, -0.15) is 0 Å². The van der Waals surface area contributed by atoms with E-state index in [2.05, 4.69) is 18.1 Å². The fraction of sp³-hybridized carbons (Fsp3) is 0.0833. The van der Waals surface area contributed by atoms with Gasteiger partial charge in [0.25, 0.3) is 11.8 Å². The summed E-state index contributed by atoms with van der Waals surface area (Å²) in [7, 11) is -3.69. The first-order chi connectivity index (χ1) is 8.82. The summed E-state index contributed by atoms with van der Waals surface area (Å²) in [6.45, 7) is 6.54. The van der Waals surface area contributed by atoms with Gasteiger partial charge in [-0.3, -0.25) is 9.59 Å². The van der Waals surface area contributed by atoms with Crippen LogP contribution >= 0.6 is 0 Å². The molecule has 0 aliphatic rings. The molecule has 0 radical (unpaired) electrons. The molecule has 0 spiro atoms. The van der Waals surface area contributed by atoms with E-state index in [1.165, 1.54) is 18.3 Å². The van der Waals surface area contributed by atoms with Gasteiger partial charge in [0.2, 0.25) is 0 Å². The number of anilines is 1. The zero-order valence-corrected chi connectivity index (χ0v) is 11.1. The molecule has 2 amide bonds. The molecule has 0 bridgehead atoms. The zero-order chi connectivity index (χ0) is 14.6. The number of pyridine rings is 1. The smallest absolute Gasteiger partial charge is 0.257 e. The molecule has 0 atom stereocenters. The highest BCUT2D eigenvalue weighted by atomic mass is 32.2. The van der Waals surface area contributed by atoms with E-state index in [1.807, 2.05) is 0 Å². The quantitative estimate of drug-likeness (QED) is 0.759. The molecular weight excluding hydrogens is 268 g/mol. The van der Waals surface area contributed by atoms with Crippen LogP contribution in [0.25, 0.3) is 0 Å². The lowest BCUT2D eigenvalue weighted by atomic mass is 10.3. The maximum absolute atomic E-state index is 11.7. The number of nitrogens with zero attached hydrogens (tertiary/aromatic N) is 2. The zero-order valence-electron chi connectivity index (χ0n) is 10.2. The van der Waals surface area contributed by atoms with Crippen LogP contribution in [0.1, 0.15) is 0 Å². The van der Waals surface area contributed by atoms with Crippen molar-refractivity contribution in [2.45, 2.75) is 5.03 Å². The lowest BCUT2D eigenvalue weighted by molar-refractivity contribution is -0.121. The molecule has 1 heterocycles. The van der Waals surface area contributed by atoms with E-state index in [0.717, 1.165) is 18.4 Å². The molecule has 0 unspecified atom stereocenters. The molecule has 7 heteroatoms. The van der Waals surface area contributed by atoms with Crippen LogP contribution in [0.15, 0.2) is 48.7 Å². The summed E-state index contributed by atoms with van der Waals surface area (Å²) >= 11 is 0. The van der Waals surface area contributed by atoms with Crippen LogP contribution in [0.3, 0.4) is 0 Å². The maximum Gasteiger partial charge on any atom is 0.257 e. The van der Waals surface area contributed by atoms with Gasteiger partial charge in [-0.25, -0.2) is 18.3 Å². The minimum atomic E-state index is -3.69. The Bertz CT molecular complexity index is 629. The van der Waals surface area contributed by atoms with E-state index >= 15 is 0 Å². The average Bonchev–Trinajstić information content (AvgIpc) is 2.37. The van der Waals surface area contributed by atoms with Gasteiger partial charge in [-0.1, -0.05) is 13.2 Å². The van der Waals surface area contributed by atoms with Crippen LogP contribution < -0.4 is 4.90 Å². The minimum Gasteiger partial charge on any atom is -0.269 e. The Morgan fingerprint density at radius 1 is 1.26 bits per heavy atom. The third kappa shape index (κ3) is 3.14. The van der Waals surface area contributed by atoms with Gasteiger partial charge in [-0.05, 0) is 24.3 Å². The van der Waals surface area contributed by atoms with E-state index in [9.17, 15) is 18.0 Å². The van der Waals surface area contributed by atoms with Crippen molar-refractivity contribution in [1.29, 1.82) is 0 Å². The second-order valence-corrected chi connectivity index (χ2v) is 5.45. The predicted octanol–water partition coefficient (Wildman–Crippen LogP) is 0.717. The molecule has 0 aliphatic heterocycles. The van der Waals surface area contributed by atoms with E-state index in [1.54, 1.807) is 0 Å². The summed E-state index contributed by atoms with van der Waals surface area (Å²) in [5, 5.41) is -0.361. The SMILES string of the molecule is C=CC(=O)N(C(=O)C=C)c1cccnc1S(C)(=O)=O. The number of sulfone groups is 1. The van der Waals surface area contributed by atoms with Crippen LogP contribution in [0.4, 0.5) is 5.69 Å². The van der Waals surface area contributed by atoms with Gasteiger partial charge in [-0.15, -0.1) is 0 Å². The number of carbonyl (C=O) groups excluding carboxylic acids is 2. The summed E-state index contributed by atoms with van der Waals surface area (Å²) in [6, 6.07) is 2.73. The molecule has 1 aromatic heterocycles. The van der Waals surface area contributed by atoms with Crippen molar-refractivity contribution >= 4 is 27.3 Å². The van der Waals surface area contributed by atoms with Crippen LogP contribution in [0, 0.1) is 0 Å². The fourth-order valence-electron chi connectivity index (χ4n) is 1.37. The number of imide groups is 1. The normalized spacial score (nSPS) is 10.6. The monoisotopic (exact) mass is 280 g/mol. The van der Waals surface area contributed by atoms with Gasteiger partial charge in [0.1, 0.15) is 0 Å². The van der Waals surface area contributed by atoms with Crippen LogP contribution in [-0.4, -0.2) is 31.5 Å². The predicted molar refractivity (Wildman–Crippen MR) is 70.2 cm³/mol. The number of amides is 2. The van der Waals surface area contributed by atoms with Crippen LogP contribution in [0.5, 0.6) is 0 Å². The van der Waals surface area contributed by atoms with Gasteiger partial charge >= 0.3 is 0 Å². The minimum absolute atomic E-state index is 0.125. The Morgan fingerprint density at radius 3 is 2.21 bits per heavy atom. The third-order valence-electron chi connectivity index (χ3n) is 2.13. The molecular formula is C12H12N2O4S. The van der Waals surface area contributed by atoms with Crippen molar-refractivity contribution in [2.75, 3.05) is 11.2 Å². The van der Waals surface area contributed by atoms with Crippen molar-refractivity contribution in [3.8, 4) is 0 Å². The van der Waals surface area contributed by atoms with E-state index in [-0.39, 0.29) is 10.7 Å². The summed E-state index contributed by atoms with van der Waals surface area (Å²) in [6.07, 6.45) is 4.00. The summed E-state index contributed by atoms with van der Waals surface area (Å²) in [5.41, 5.74) is -0.125. The highest BCUT2D eigenvalue weighted by molar-refractivity contribution is 7.90. The highest BCUT2D eigenvalue weighted by Gasteiger charge is 2.26.